The number of aliphatic hydroxyl groups is 1. The van der Waals surface area contributed by atoms with E-state index in [0.717, 1.165) is 48.3 Å². The van der Waals surface area contributed by atoms with Gasteiger partial charge in [0.15, 0.2) is 0 Å². The second kappa shape index (κ2) is 6.46. The minimum absolute atomic E-state index is 0.0478. The van der Waals surface area contributed by atoms with Gasteiger partial charge in [0.25, 0.3) is 0 Å². The van der Waals surface area contributed by atoms with Gasteiger partial charge < -0.3 is 9.84 Å². The van der Waals surface area contributed by atoms with E-state index in [1.165, 1.54) is 51.4 Å². The molecule has 1 aliphatic heterocycles. The van der Waals surface area contributed by atoms with Crippen LogP contribution in [0, 0.1) is 46.3 Å². The van der Waals surface area contributed by atoms with Crippen molar-refractivity contribution < 1.29 is 9.84 Å². The number of ether oxygens (including phenoxy) is 1. The monoisotopic (exact) mass is 388 g/mol. The van der Waals surface area contributed by atoms with E-state index < -0.39 is 0 Å². The van der Waals surface area contributed by atoms with Crippen molar-refractivity contribution in [2.24, 2.45) is 46.3 Å². The van der Waals surface area contributed by atoms with E-state index in [1.807, 2.05) is 0 Å². The molecule has 5 aliphatic rings. The highest BCUT2D eigenvalue weighted by atomic mass is 16.6. The molecule has 4 aliphatic carbocycles. The van der Waals surface area contributed by atoms with Crippen molar-refractivity contribution >= 4 is 0 Å². The van der Waals surface area contributed by atoms with Gasteiger partial charge in [-0.15, -0.1) is 0 Å². The molecule has 1 heterocycles. The summed E-state index contributed by atoms with van der Waals surface area (Å²) in [5, 5.41) is 10.4. The number of fused-ring (bicyclic) bond motifs is 5. The molecule has 0 bridgehead atoms. The molecule has 0 amide bonds. The van der Waals surface area contributed by atoms with Crippen LogP contribution in [0.3, 0.4) is 0 Å². The Labute approximate surface area is 173 Å². The van der Waals surface area contributed by atoms with Crippen LogP contribution in [-0.4, -0.2) is 22.9 Å². The van der Waals surface area contributed by atoms with E-state index in [2.05, 4.69) is 34.6 Å². The number of rotatable bonds is 5. The van der Waals surface area contributed by atoms with Crippen LogP contribution >= 0.6 is 0 Å². The Morgan fingerprint density at radius 3 is 2.50 bits per heavy atom. The van der Waals surface area contributed by atoms with E-state index in [0.29, 0.717) is 16.9 Å². The maximum absolute atomic E-state index is 10.4. The molecule has 0 aromatic carbocycles. The van der Waals surface area contributed by atoms with Crippen molar-refractivity contribution in [3.8, 4) is 0 Å². The third kappa shape index (κ3) is 2.52. The zero-order valence-electron chi connectivity index (χ0n) is 19.0. The molecule has 2 nitrogen and oxygen atoms in total. The Balaban J connectivity index is 1.35. The van der Waals surface area contributed by atoms with Crippen molar-refractivity contribution in [1.82, 2.24) is 0 Å². The van der Waals surface area contributed by atoms with Gasteiger partial charge in [-0.05, 0) is 79.4 Å². The van der Waals surface area contributed by atoms with Gasteiger partial charge in [-0.2, -0.15) is 0 Å². The highest BCUT2D eigenvalue weighted by molar-refractivity contribution is 5.29. The fourth-order valence-corrected chi connectivity index (χ4v) is 9.45. The van der Waals surface area contributed by atoms with Crippen LogP contribution in [0.4, 0.5) is 0 Å². The van der Waals surface area contributed by atoms with Gasteiger partial charge in [-0.25, -0.2) is 0 Å². The molecule has 10 atom stereocenters. The van der Waals surface area contributed by atoms with Gasteiger partial charge in [0, 0.05) is 11.8 Å². The SMILES string of the molecule is CC(C)CCC[C@@H](C)[C@H]1CC[C@H]2[C@@H]3[C@@H]4O[C@@]45C[C@@H](O)CC[C@]5(C)[C@H]3CC[C@]12C. The quantitative estimate of drug-likeness (QED) is 0.568. The lowest BCUT2D eigenvalue weighted by Gasteiger charge is -2.53. The molecule has 0 aromatic rings. The first-order valence-corrected chi connectivity index (χ1v) is 12.6. The fourth-order valence-electron chi connectivity index (χ4n) is 9.45. The zero-order chi connectivity index (χ0) is 19.9. The van der Waals surface area contributed by atoms with Crippen molar-refractivity contribution in [2.45, 2.75) is 117 Å². The molecule has 0 radical (unpaired) electrons. The Morgan fingerprint density at radius 1 is 0.964 bits per heavy atom. The lowest BCUT2D eigenvalue weighted by molar-refractivity contribution is -0.0986. The zero-order valence-corrected chi connectivity index (χ0v) is 19.0. The van der Waals surface area contributed by atoms with Gasteiger partial charge in [-0.3, -0.25) is 0 Å². The minimum Gasteiger partial charge on any atom is -0.393 e. The van der Waals surface area contributed by atoms with Gasteiger partial charge in [-0.1, -0.05) is 53.9 Å². The van der Waals surface area contributed by atoms with Crippen LogP contribution < -0.4 is 0 Å². The van der Waals surface area contributed by atoms with Crippen molar-refractivity contribution in [2.75, 3.05) is 0 Å². The van der Waals surface area contributed by atoms with Crippen LogP contribution in [0.5, 0.6) is 0 Å². The minimum atomic E-state index is -0.123. The van der Waals surface area contributed by atoms with E-state index in [4.69, 9.17) is 4.74 Å². The Kier molecular flexibility index (Phi) is 4.58. The molecule has 5 rings (SSSR count). The van der Waals surface area contributed by atoms with Gasteiger partial charge in [0.05, 0.1) is 12.2 Å². The van der Waals surface area contributed by atoms with E-state index >= 15 is 0 Å². The van der Waals surface area contributed by atoms with Crippen LogP contribution in [-0.2, 0) is 4.74 Å². The van der Waals surface area contributed by atoms with Crippen LogP contribution in [0.1, 0.15) is 98.8 Å². The average Bonchev–Trinajstić information content (AvgIpc) is 3.15. The second-order valence-electron chi connectivity index (χ2n) is 12.6. The number of aliphatic hydroxyl groups excluding tert-OH is 1. The lowest BCUT2D eigenvalue weighted by atomic mass is 9.53. The first kappa shape index (κ1) is 19.9. The fraction of sp³-hybridized carbons (Fsp3) is 1.00. The summed E-state index contributed by atoms with van der Waals surface area (Å²) < 4.78 is 6.57. The van der Waals surface area contributed by atoms with Crippen molar-refractivity contribution in [3.63, 3.8) is 0 Å². The highest BCUT2D eigenvalue weighted by Gasteiger charge is 2.81. The molecule has 5 fully saturated rings. The van der Waals surface area contributed by atoms with Crippen molar-refractivity contribution in [1.29, 1.82) is 0 Å². The van der Waals surface area contributed by atoms with Crippen molar-refractivity contribution in [3.05, 3.63) is 0 Å². The maximum atomic E-state index is 10.4. The van der Waals surface area contributed by atoms with Crippen LogP contribution in [0.25, 0.3) is 0 Å². The molecule has 28 heavy (non-hydrogen) atoms. The summed E-state index contributed by atoms with van der Waals surface area (Å²) in [6.07, 6.45) is 13.4. The standard InChI is InChI=1S/C26H44O2/c1-16(2)7-6-8-17(3)19-9-10-20-22-21(12-13-24(19,20)4)25(5)14-11-18(27)15-26(25)23(22)28-26/h16-23,27H,6-15H2,1-5H3/t17-,18+,19-,20+,21+,22+,23+,24-,25-,26+/m1/s1. The predicted molar refractivity (Wildman–Crippen MR) is 114 cm³/mol. The Hall–Kier alpha value is -0.0800. The molecular weight excluding hydrogens is 344 g/mol. The van der Waals surface area contributed by atoms with Crippen LogP contribution in [0.2, 0.25) is 0 Å². The molecule has 160 valence electrons. The van der Waals surface area contributed by atoms with E-state index in [9.17, 15) is 5.11 Å². The first-order valence-electron chi connectivity index (χ1n) is 12.6. The summed E-state index contributed by atoms with van der Waals surface area (Å²) in [6.45, 7) is 12.5. The molecule has 2 heteroatoms. The number of epoxide rings is 1. The molecule has 1 spiro atoms. The largest absolute Gasteiger partial charge is 0.393 e. The molecule has 0 aromatic heterocycles. The molecule has 0 unspecified atom stereocenters. The molecule has 4 saturated carbocycles. The second-order valence-corrected chi connectivity index (χ2v) is 12.6. The smallest absolute Gasteiger partial charge is 0.103 e. The third-order valence-corrected chi connectivity index (χ3v) is 10.9. The predicted octanol–water partition coefficient (Wildman–Crippen LogP) is 6.21. The third-order valence-electron chi connectivity index (χ3n) is 10.9. The highest BCUT2D eigenvalue weighted by Crippen LogP contribution is 2.78. The van der Waals surface area contributed by atoms with Gasteiger partial charge in [0.1, 0.15) is 5.60 Å². The molecular formula is C26H44O2. The summed E-state index contributed by atoms with van der Waals surface area (Å²) in [7, 11) is 0. The molecule has 1 saturated heterocycles. The number of hydrogen-bond acceptors (Lipinski definition) is 2. The normalized spacial score (nSPS) is 55.4. The van der Waals surface area contributed by atoms with Gasteiger partial charge in [0.2, 0.25) is 0 Å². The lowest BCUT2D eigenvalue weighted by Crippen LogP contribution is -2.49. The summed E-state index contributed by atoms with van der Waals surface area (Å²) in [4.78, 5) is 0. The Morgan fingerprint density at radius 2 is 1.75 bits per heavy atom. The van der Waals surface area contributed by atoms with Crippen LogP contribution in [0.15, 0.2) is 0 Å². The maximum Gasteiger partial charge on any atom is 0.103 e. The van der Waals surface area contributed by atoms with E-state index in [-0.39, 0.29) is 11.7 Å². The average molecular weight is 389 g/mol. The summed E-state index contributed by atoms with van der Waals surface area (Å²) in [5.41, 5.74) is 0.921. The molecule has 1 N–H and O–H groups in total. The van der Waals surface area contributed by atoms with Gasteiger partial charge >= 0.3 is 0 Å². The number of hydrogen-bond donors (Lipinski definition) is 1. The summed E-state index contributed by atoms with van der Waals surface area (Å²) in [6, 6.07) is 0. The first-order chi connectivity index (χ1) is 13.2. The summed E-state index contributed by atoms with van der Waals surface area (Å²) >= 11 is 0. The summed E-state index contributed by atoms with van der Waals surface area (Å²) in [5.74, 6) is 5.14. The Bertz CT molecular complexity index is 616. The topological polar surface area (TPSA) is 32.8 Å². The van der Waals surface area contributed by atoms with E-state index in [1.54, 1.807) is 0 Å².